The SMILES string of the molecule is Cc1c2c(cc3c1oc(=O)c1ccccc13)CN(Cc1ccccc1Cl)CO2. The molecule has 1 aromatic heterocycles. The third-order valence-electron chi connectivity index (χ3n) is 5.31. The Hall–Kier alpha value is -2.82. The van der Waals surface area contributed by atoms with Crippen LogP contribution in [-0.4, -0.2) is 11.6 Å². The van der Waals surface area contributed by atoms with Crippen LogP contribution in [0.3, 0.4) is 0 Å². The first kappa shape index (κ1) is 17.3. The summed E-state index contributed by atoms with van der Waals surface area (Å²) in [6.45, 7) is 3.86. The predicted molar refractivity (Wildman–Crippen MR) is 111 cm³/mol. The number of ether oxygens (including phenoxy) is 1. The minimum Gasteiger partial charge on any atom is -0.477 e. The van der Waals surface area contributed by atoms with Crippen LogP contribution in [0, 0.1) is 6.92 Å². The van der Waals surface area contributed by atoms with Gasteiger partial charge >= 0.3 is 5.63 Å². The number of benzene rings is 3. The second-order valence-corrected chi connectivity index (χ2v) is 7.56. The second kappa shape index (κ2) is 6.66. The third kappa shape index (κ3) is 2.77. The van der Waals surface area contributed by atoms with Crippen molar-refractivity contribution in [3.63, 3.8) is 0 Å². The van der Waals surface area contributed by atoms with Gasteiger partial charge in [0.1, 0.15) is 18.1 Å². The lowest BCUT2D eigenvalue weighted by molar-refractivity contribution is 0.0881. The average Bonchev–Trinajstić information content (AvgIpc) is 2.71. The number of aryl methyl sites for hydroxylation is 1. The fourth-order valence-corrected chi connectivity index (χ4v) is 4.15. The summed E-state index contributed by atoms with van der Waals surface area (Å²) < 4.78 is 11.7. The molecule has 0 saturated heterocycles. The molecule has 0 radical (unpaired) electrons. The van der Waals surface area contributed by atoms with E-state index in [2.05, 4.69) is 11.0 Å². The molecule has 0 amide bonds. The molecule has 4 nitrogen and oxygen atoms in total. The van der Waals surface area contributed by atoms with Gasteiger partial charge in [0.05, 0.1) is 5.39 Å². The van der Waals surface area contributed by atoms with Gasteiger partial charge in [0.25, 0.3) is 0 Å². The Balaban J connectivity index is 1.61. The van der Waals surface area contributed by atoms with E-state index in [4.69, 9.17) is 20.8 Å². The predicted octanol–water partition coefficient (Wildman–Crippen LogP) is 5.26. The van der Waals surface area contributed by atoms with Crippen molar-refractivity contribution in [3.05, 3.63) is 86.7 Å². The minimum absolute atomic E-state index is 0.317. The van der Waals surface area contributed by atoms with E-state index in [0.717, 1.165) is 44.8 Å². The Morgan fingerprint density at radius 1 is 1.04 bits per heavy atom. The zero-order valence-corrected chi connectivity index (χ0v) is 16.1. The fourth-order valence-electron chi connectivity index (χ4n) is 3.96. The monoisotopic (exact) mass is 391 g/mol. The van der Waals surface area contributed by atoms with Crippen molar-refractivity contribution in [2.75, 3.05) is 6.73 Å². The van der Waals surface area contributed by atoms with Crippen molar-refractivity contribution in [2.24, 2.45) is 0 Å². The number of hydrogen-bond donors (Lipinski definition) is 0. The van der Waals surface area contributed by atoms with Crippen LogP contribution in [0.1, 0.15) is 16.7 Å². The lowest BCUT2D eigenvalue weighted by Crippen LogP contribution is -2.32. The molecule has 4 aromatic rings. The standard InChI is InChI=1S/C23H18ClNO3/c1-14-21-16(12-25(13-27-21)11-15-6-2-5-9-20(15)24)10-19-17-7-3-4-8-18(17)23(26)28-22(14)19/h2-10H,11-13H2,1H3. The van der Waals surface area contributed by atoms with Crippen molar-refractivity contribution in [1.82, 2.24) is 4.90 Å². The molecule has 140 valence electrons. The molecule has 0 unspecified atom stereocenters. The number of hydrogen-bond acceptors (Lipinski definition) is 4. The van der Waals surface area contributed by atoms with E-state index in [0.29, 0.717) is 24.2 Å². The number of nitrogens with zero attached hydrogens (tertiary/aromatic N) is 1. The summed E-state index contributed by atoms with van der Waals surface area (Å²) in [4.78, 5) is 14.6. The topological polar surface area (TPSA) is 42.7 Å². The van der Waals surface area contributed by atoms with Crippen molar-refractivity contribution >= 4 is 33.3 Å². The molecule has 1 aliphatic rings. The first-order valence-electron chi connectivity index (χ1n) is 9.18. The van der Waals surface area contributed by atoms with E-state index >= 15 is 0 Å². The van der Waals surface area contributed by atoms with Crippen LogP contribution in [-0.2, 0) is 13.1 Å². The fraction of sp³-hybridized carbons (Fsp3) is 0.174. The van der Waals surface area contributed by atoms with Gasteiger partial charge in [-0.1, -0.05) is 48.0 Å². The highest BCUT2D eigenvalue weighted by molar-refractivity contribution is 6.31. The first-order valence-corrected chi connectivity index (χ1v) is 9.56. The third-order valence-corrected chi connectivity index (χ3v) is 5.67. The summed E-state index contributed by atoms with van der Waals surface area (Å²) in [6.07, 6.45) is 0. The summed E-state index contributed by atoms with van der Waals surface area (Å²) in [7, 11) is 0. The van der Waals surface area contributed by atoms with E-state index < -0.39 is 0 Å². The summed E-state index contributed by atoms with van der Waals surface area (Å²) in [5, 5.41) is 3.20. The lowest BCUT2D eigenvalue weighted by atomic mass is 10.00. The van der Waals surface area contributed by atoms with Crippen LogP contribution >= 0.6 is 11.6 Å². The Bertz CT molecular complexity index is 1280. The van der Waals surface area contributed by atoms with Gasteiger partial charge in [0, 0.05) is 34.6 Å². The highest BCUT2D eigenvalue weighted by Gasteiger charge is 2.23. The normalized spacial score (nSPS) is 14.2. The van der Waals surface area contributed by atoms with E-state index in [-0.39, 0.29) is 5.63 Å². The Labute approximate surface area is 166 Å². The average molecular weight is 392 g/mol. The van der Waals surface area contributed by atoms with Gasteiger partial charge in [0.15, 0.2) is 0 Å². The van der Waals surface area contributed by atoms with Crippen molar-refractivity contribution in [1.29, 1.82) is 0 Å². The Morgan fingerprint density at radius 2 is 1.79 bits per heavy atom. The highest BCUT2D eigenvalue weighted by Crippen LogP contribution is 2.37. The van der Waals surface area contributed by atoms with Crippen LogP contribution in [0.15, 0.2) is 63.8 Å². The highest BCUT2D eigenvalue weighted by atomic mass is 35.5. The van der Waals surface area contributed by atoms with Crippen molar-refractivity contribution in [3.8, 4) is 5.75 Å². The van der Waals surface area contributed by atoms with Crippen LogP contribution in [0.25, 0.3) is 21.7 Å². The number of rotatable bonds is 2. The molecule has 0 N–H and O–H groups in total. The molecular weight excluding hydrogens is 374 g/mol. The van der Waals surface area contributed by atoms with E-state index in [1.54, 1.807) is 6.07 Å². The maximum atomic E-state index is 12.4. The molecule has 1 aliphatic heterocycles. The molecule has 5 rings (SSSR count). The zero-order valence-electron chi connectivity index (χ0n) is 15.4. The summed E-state index contributed by atoms with van der Waals surface area (Å²) in [6, 6.07) is 17.5. The largest absolute Gasteiger partial charge is 0.477 e. The van der Waals surface area contributed by atoms with Crippen LogP contribution in [0.2, 0.25) is 5.02 Å². The second-order valence-electron chi connectivity index (χ2n) is 7.15. The molecule has 0 atom stereocenters. The van der Waals surface area contributed by atoms with Gasteiger partial charge in [0.2, 0.25) is 0 Å². The maximum Gasteiger partial charge on any atom is 0.344 e. The van der Waals surface area contributed by atoms with Crippen molar-refractivity contribution in [2.45, 2.75) is 20.0 Å². The molecule has 0 bridgehead atoms. The summed E-state index contributed by atoms with van der Waals surface area (Å²) in [5.74, 6) is 0.807. The van der Waals surface area contributed by atoms with Crippen LogP contribution in [0.5, 0.6) is 5.75 Å². The summed E-state index contributed by atoms with van der Waals surface area (Å²) >= 11 is 6.32. The Morgan fingerprint density at radius 3 is 2.61 bits per heavy atom. The van der Waals surface area contributed by atoms with Gasteiger partial charge < -0.3 is 9.15 Å². The maximum absolute atomic E-state index is 12.4. The molecule has 3 aromatic carbocycles. The van der Waals surface area contributed by atoms with Gasteiger partial charge in [-0.3, -0.25) is 4.90 Å². The van der Waals surface area contributed by atoms with Crippen LogP contribution < -0.4 is 10.4 Å². The molecule has 2 heterocycles. The molecule has 5 heteroatoms. The van der Waals surface area contributed by atoms with E-state index in [9.17, 15) is 4.79 Å². The molecule has 0 aliphatic carbocycles. The minimum atomic E-state index is -0.317. The van der Waals surface area contributed by atoms with E-state index in [1.807, 2.05) is 49.4 Å². The smallest absolute Gasteiger partial charge is 0.344 e. The van der Waals surface area contributed by atoms with E-state index in [1.165, 1.54) is 0 Å². The number of halogens is 1. The molecule has 0 spiro atoms. The van der Waals surface area contributed by atoms with Gasteiger partial charge in [-0.2, -0.15) is 0 Å². The van der Waals surface area contributed by atoms with Gasteiger partial charge in [-0.05, 0) is 36.1 Å². The molecular formula is C23H18ClNO3. The zero-order chi connectivity index (χ0) is 19.3. The summed E-state index contributed by atoms with van der Waals surface area (Å²) in [5.41, 5.74) is 3.31. The van der Waals surface area contributed by atoms with Gasteiger partial charge in [-0.15, -0.1) is 0 Å². The quantitative estimate of drug-likeness (QED) is 0.345. The molecule has 28 heavy (non-hydrogen) atoms. The van der Waals surface area contributed by atoms with Gasteiger partial charge in [-0.25, -0.2) is 4.79 Å². The lowest BCUT2D eigenvalue weighted by Gasteiger charge is -2.30. The molecule has 0 saturated carbocycles. The van der Waals surface area contributed by atoms with Crippen molar-refractivity contribution < 1.29 is 9.15 Å². The Kier molecular flexibility index (Phi) is 4.11. The molecule has 0 fully saturated rings. The first-order chi connectivity index (χ1) is 13.6. The number of fused-ring (bicyclic) bond motifs is 4. The van der Waals surface area contributed by atoms with Crippen LogP contribution in [0.4, 0.5) is 0 Å².